The molecule has 1 heterocycles. The monoisotopic (exact) mass is 266 g/mol. The number of hydrogen-bond donors (Lipinski definition) is 2. The predicted molar refractivity (Wildman–Crippen MR) is 63.0 cm³/mol. The second-order valence-corrected chi connectivity index (χ2v) is 4.27. The molecule has 6 nitrogen and oxygen atoms in total. The number of nitrogens with zero attached hydrogens (tertiary/aromatic N) is 1. The lowest BCUT2D eigenvalue weighted by atomic mass is 10.1. The molecule has 1 aromatic carbocycles. The van der Waals surface area contributed by atoms with Gasteiger partial charge in [0.15, 0.2) is 0 Å². The average molecular weight is 266 g/mol. The van der Waals surface area contributed by atoms with Crippen LogP contribution in [0.15, 0.2) is 18.2 Å². The fraction of sp³-hybridized carbons (Fsp3) is 0.250. The van der Waals surface area contributed by atoms with Crippen LogP contribution in [-0.2, 0) is 9.59 Å². The maximum atomic E-state index is 13.2. The molecule has 1 aliphatic rings. The number of primary amides is 1. The average Bonchev–Trinajstić information content (AvgIpc) is 2.71. The Kier molecular flexibility index (Phi) is 3.20. The smallest absolute Gasteiger partial charge is 0.337 e. The number of carboxylic acid groups (broad SMARTS) is 1. The van der Waals surface area contributed by atoms with Gasteiger partial charge in [0.25, 0.3) is 0 Å². The largest absolute Gasteiger partial charge is 0.478 e. The molecule has 7 heteroatoms. The fourth-order valence-electron chi connectivity index (χ4n) is 2.04. The minimum absolute atomic E-state index is 0.0299. The Labute approximate surface area is 107 Å². The van der Waals surface area contributed by atoms with Gasteiger partial charge in [-0.25, -0.2) is 9.18 Å². The summed E-state index contributed by atoms with van der Waals surface area (Å²) in [5.74, 6) is -3.70. The maximum absolute atomic E-state index is 13.2. The minimum atomic E-state index is -1.27. The maximum Gasteiger partial charge on any atom is 0.337 e. The number of amides is 2. The summed E-state index contributed by atoms with van der Waals surface area (Å²) in [5.41, 5.74) is 4.87. The van der Waals surface area contributed by atoms with Crippen LogP contribution >= 0.6 is 0 Å². The van der Waals surface area contributed by atoms with E-state index in [1.54, 1.807) is 0 Å². The number of hydrogen-bond acceptors (Lipinski definition) is 3. The zero-order valence-corrected chi connectivity index (χ0v) is 9.80. The van der Waals surface area contributed by atoms with Crippen LogP contribution in [0.5, 0.6) is 0 Å². The molecule has 100 valence electrons. The fourth-order valence-corrected chi connectivity index (χ4v) is 2.04. The standard InChI is InChI=1S/C12H11FN2O4/c13-7-1-2-8(12(18)19)9(4-7)15-5-6(11(14)17)3-10(15)16/h1-2,4,6H,3,5H2,(H2,14,17)(H,18,19). The number of aromatic carboxylic acids is 1. The van der Waals surface area contributed by atoms with E-state index in [9.17, 15) is 18.8 Å². The Morgan fingerprint density at radius 3 is 2.63 bits per heavy atom. The number of carbonyl (C=O) groups excluding carboxylic acids is 2. The van der Waals surface area contributed by atoms with Crippen molar-refractivity contribution in [3.05, 3.63) is 29.6 Å². The van der Waals surface area contributed by atoms with Crippen molar-refractivity contribution in [2.24, 2.45) is 11.7 Å². The highest BCUT2D eigenvalue weighted by Crippen LogP contribution is 2.28. The van der Waals surface area contributed by atoms with Crippen LogP contribution in [0.1, 0.15) is 16.8 Å². The molecule has 0 saturated carbocycles. The van der Waals surface area contributed by atoms with E-state index in [0.29, 0.717) is 0 Å². The molecule has 0 bridgehead atoms. The third-order valence-electron chi connectivity index (χ3n) is 3.01. The van der Waals surface area contributed by atoms with Gasteiger partial charge in [-0.2, -0.15) is 0 Å². The second kappa shape index (κ2) is 4.68. The highest BCUT2D eigenvalue weighted by Gasteiger charge is 2.35. The van der Waals surface area contributed by atoms with Crippen molar-refractivity contribution in [3.63, 3.8) is 0 Å². The van der Waals surface area contributed by atoms with Crippen LogP contribution in [-0.4, -0.2) is 29.4 Å². The van der Waals surface area contributed by atoms with Crippen molar-refractivity contribution in [1.82, 2.24) is 0 Å². The molecular weight excluding hydrogens is 255 g/mol. The summed E-state index contributed by atoms with van der Waals surface area (Å²) in [4.78, 5) is 35.0. The third-order valence-corrected chi connectivity index (χ3v) is 3.01. The van der Waals surface area contributed by atoms with Gasteiger partial charge < -0.3 is 15.7 Å². The molecule has 1 unspecified atom stereocenters. The SMILES string of the molecule is NC(=O)C1CC(=O)N(c2cc(F)ccc2C(=O)O)C1. The first kappa shape index (κ1) is 13.0. The lowest BCUT2D eigenvalue weighted by molar-refractivity contribution is -0.123. The van der Waals surface area contributed by atoms with Gasteiger partial charge in [0.2, 0.25) is 11.8 Å². The number of benzene rings is 1. The number of carboxylic acids is 1. The summed E-state index contributed by atoms with van der Waals surface area (Å²) in [5, 5.41) is 9.03. The highest BCUT2D eigenvalue weighted by atomic mass is 19.1. The number of anilines is 1. The van der Waals surface area contributed by atoms with Gasteiger partial charge in [-0.15, -0.1) is 0 Å². The zero-order chi connectivity index (χ0) is 14.2. The molecule has 0 spiro atoms. The second-order valence-electron chi connectivity index (χ2n) is 4.27. The highest BCUT2D eigenvalue weighted by molar-refractivity contribution is 6.05. The van der Waals surface area contributed by atoms with Crippen LogP contribution < -0.4 is 10.6 Å². The van der Waals surface area contributed by atoms with Gasteiger partial charge in [0, 0.05) is 13.0 Å². The van der Waals surface area contributed by atoms with Crippen molar-refractivity contribution >= 4 is 23.5 Å². The van der Waals surface area contributed by atoms with Gasteiger partial charge in [-0.05, 0) is 18.2 Å². The van der Waals surface area contributed by atoms with Gasteiger partial charge in [-0.1, -0.05) is 0 Å². The number of nitrogens with two attached hydrogens (primary N) is 1. The Morgan fingerprint density at radius 2 is 2.11 bits per heavy atom. The van der Waals surface area contributed by atoms with Crippen molar-refractivity contribution in [2.75, 3.05) is 11.4 Å². The molecule has 0 aromatic heterocycles. The van der Waals surface area contributed by atoms with Gasteiger partial charge >= 0.3 is 5.97 Å². The lowest BCUT2D eigenvalue weighted by Gasteiger charge is -2.18. The predicted octanol–water partition coefficient (Wildman–Crippen LogP) is 0.362. The summed E-state index contributed by atoms with van der Waals surface area (Å²) in [6, 6.07) is 3.04. The minimum Gasteiger partial charge on any atom is -0.478 e. The summed E-state index contributed by atoms with van der Waals surface area (Å²) in [6.45, 7) is -0.0299. The molecule has 1 aliphatic heterocycles. The summed E-state index contributed by atoms with van der Waals surface area (Å²) in [6.07, 6.45) is -0.0924. The van der Waals surface area contributed by atoms with Crippen LogP contribution in [0.3, 0.4) is 0 Å². The molecule has 0 aliphatic carbocycles. The summed E-state index contributed by atoms with van der Waals surface area (Å²) in [7, 11) is 0. The van der Waals surface area contributed by atoms with E-state index in [0.717, 1.165) is 23.1 Å². The van der Waals surface area contributed by atoms with E-state index in [4.69, 9.17) is 10.8 Å². The van der Waals surface area contributed by atoms with Gasteiger partial charge in [0.05, 0.1) is 17.2 Å². The molecule has 3 N–H and O–H groups in total. The first-order chi connectivity index (χ1) is 8.90. The van der Waals surface area contributed by atoms with Crippen LogP contribution in [0.4, 0.5) is 10.1 Å². The molecule has 1 atom stereocenters. The summed E-state index contributed by atoms with van der Waals surface area (Å²) < 4.78 is 13.2. The molecule has 1 saturated heterocycles. The van der Waals surface area contributed by atoms with Crippen molar-refractivity contribution in [3.8, 4) is 0 Å². The molecule has 2 rings (SSSR count). The van der Waals surface area contributed by atoms with Gasteiger partial charge in [0.1, 0.15) is 5.82 Å². The van der Waals surface area contributed by atoms with Crippen LogP contribution in [0, 0.1) is 11.7 Å². The molecule has 2 amide bonds. The molecule has 1 aromatic rings. The summed E-state index contributed by atoms with van der Waals surface area (Å²) >= 11 is 0. The lowest BCUT2D eigenvalue weighted by Crippen LogP contribution is -2.29. The molecular formula is C12H11FN2O4. The Hall–Kier alpha value is -2.44. The van der Waals surface area contributed by atoms with E-state index in [2.05, 4.69) is 0 Å². The van der Waals surface area contributed by atoms with Gasteiger partial charge in [-0.3, -0.25) is 9.59 Å². The van der Waals surface area contributed by atoms with Crippen molar-refractivity contribution < 1.29 is 23.9 Å². The van der Waals surface area contributed by atoms with Crippen molar-refractivity contribution in [2.45, 2.75) is 6.42 Å². The number of halogens is 1. The van der Waals surface area contributed by atoms with Crippen LogP contribution in [0.2, 0.25) is 0 Å². The Balaban J connectivity index is 2.42. The molecule has 1 fully saturated rings. The van der Waals surface area contributed by atoms with E-state index in [1.165, 1.54) is 0 Å². The zero-order valence-electron chi connectivity index (χ0n) is 9.80. The molecule has 19 heavy (non-hydrogen) atoms. The van der Waals surface area contributed by atoms with Crippen molar-refractivity contribution in [1.29, 1.82) is 0 Å². The normalized spacial score (nSPS) is 18.7. The Bertz CT molecular complexity index is 573. The van der Waals surface area contributed by atoms with E-state index in [1.807, 2.05) is 0 Å². The molecule has 0 radical (unpaired) electrons. The topological polar surface area (TPSA) is 101 Å². The van der Waals surface area contributed by atoms with E-state index < -0.39 is 29.5 Å². The number of rotatable bonds is 3. The quantitative estimate of drug-likeness (QED) is 0.824. The third kappa shape index (κ3) is 2.40. The first-order valence-electron chi connectivity index (χ1n) is 5.52. The van der Waals surface area contributed by atoms with E-state index >= 15 is 0 Å². The van der Waals surface area contributed by atoms with E-state index in [-0.39, 0.29) is 24.2 Å². The first-order valence-corrected chi connectivity index (χ1v) is 5.52. The Morgan fingerprint density at radius 1 is 1.42 bits per heavy atom. The van der Waals surface area contributed by atoms with Crippen LogP contribution in [0.25, 0.3) is 0 Å². The number of carbonyl (C=O) groups is 3.